The van der Waals surface area contributed by atoms with Gasteiger partial charge in [0, 0.05) is 30.6 Å². The lowest BCUT2D eigenvalue weighted by Gasteiger charge is -2.39. The molecular formula is C21H22FN3O5. The Morgan fingerprint density at radius 1 is 1.30 bits per heavy atom. The maximum absolute atomic E-state index is 14.4. The van der Waals surface area contributed by atoms with Gasteiger partial charge < -0.3 is 29.7 Å². The van der Waals surface area contributed by atoms with Gasteiger partial charge in [-0.3, -0.25) is 9.59 Å². The molecule has 0 atom stereocenters. The van der Waals surface area contributed by atoms with Crippen LogP contribution < -0.4 is 15.4 Å². The minimum absolute atomic E-state index is 0.0742. The first-order valence-corrected chi connectivity index (χ1v) is 10.1. The Bertz CT molecular complexity index is 968. The van der Waals surface area contributed by atoms with Gasteiger partial charge in [-0.1, -0.05) is 0 Å². The predicted octanol–water partition coefficient (Wildman–Crippen LogP) is 1.75. The van der Waals surface area contributed by atoms with Crippen molar-refractivity contribution in [2.24, 2.45) is 5.92 Å². The molecule has 8 nitrogen and oxygen atoms in total. The average Bonchev–Trinajstić information content (AvgIpc) is 2.72. The van der Waals surface area contributed by atoms with E-state index in [1.54, 1.807) is 4.90 Å². The molecule has 0 spiro atoms. The molecule has 4 aliphatic rings. The van der Waals surface area contributed by atoms with Crippen LogP contribution in [0.25, 0.3) is 0 Å². The Morgan fingerprint density at radius 2 is 2.17 bits per heavy atom. The minimum Gasteiger partial charge on any atom is -0.496 e. The fraction of sp³-hybridized carbons (Fsp3) is 0.429. The molecule has 4 heterocycles. The number of fused-ring (bicyclic) bond motifs is 1. The number of rotatable bonds is 4. The number of dihydropyridines is 1. The highest BCUT2D eigenvalue weighted by Crippen LogP contribution is 2.32. The number of carbonyl (C=O) groups excluding carboxylic acids is 2. The predicted molar refractivity (Wildman–Crippen MR) is 104 cm³/mol. The Morgan fingerprint density at radius 3 is 3.03 bits per heavy atom. The highest BCUT2D eigenvalue weighted by atomic mass is 19.1. The van der Waals surface area contributed by atoms with Crippen molar-refractivity contribution < 1.29 is 28.2 Å². The van der Waals surface area contributed by atoms with Crippen LogP contribution in [-0.4, -0.2) is 56.2 Å². The van der Waals surface area contributed by atoms with Gasteiger partial charge in [0.15, 0.2) is 12.5 Å². The summed E-state index contributed by atoms with van der Waals surface area (Å²) in [4.78, 5) is 25.7. The van der Waals surface area contributed by atoms with Crippen molar-refractivity contribution in [3.63, 3.8) is 0 Å². The smallest absolute Gasteiger partial charge is 0.262 e. The summed E-state index contributed by atoms with van der Waals surface area (Å²) in [5.74, 6) is 0.739. The summed E-state index contributed by atoms with van der Waals surface area (Å²) in [5.41, 5.74) is 1.37. The van der Waals surface area contributed by atoms with Crippen LogP contribution in [0.5, 0.6) is 5.75 Å². The van der Waals surface area contributed by atoms with E-state index in [0.29, 0.717) is 31.9 Å². The molecule has 0 aromatic heterocycles. The van der Waals surface area contributed by atoms with Crippen LogP contribution in [0.15, 0.2) is 35.4 Å². The summed E-state index contributed by atoms with van der Waals surface area (Å²) in [5, 5.41) is 5.83. The lowest BCUT2D eigenvalue weighted by Crippen LogP contribution is -2.52. The molecule has 1 aromatic carbocycles. The van der Waals surface area contributed by atoms with Crippen molar-refractivity contribution >= 4 is 17.5 Å². The molecule has 30 heavy (non-hydrogen) atoms. The molecule has 5 rings (SSSR count). The number of amides is 2. The second-order valence-electron chi connectivity index (χ2n) is 7.82. The van der Waals surface area contributed by atoms with Gasteiger partial charge in [-0.2, -0.15) is 0 Å². The molecule has 0 aliphatic carbocycles. The Balaban J connectivity index is 1.16. The molecule has 0 radical (unpaired) electrons. The van der Waals surface area contributed by atoms with Crippen LogP contribution in [0.3, 0.4) is 0 Å². The van der Waals surface area contributed by atoms with Gasteiger partial charge in [0.25, 0.3) is 11.8 Å². The number of ether oxygens (including phenoxy) is 3. The molecule has 2 N–H and O–H groups in total. The topological polar surface area (TPSA) is 89.1 Å². The van der Waals surface area contributed by atoms with Gasteiger partial charge >= 0.3 is 0 Å². The Hall–Kier alpha value is -3.23. The summed E-state index contributed by atoms with van der Waals surface area (Å²) in [6.07, 6.45) is 4.00. The van der Waals surface area contributed by atoms with Crippen molar-refractivity contribution in [3.8, 4) is 5.75 Å². The number of nitrogens with zero attached hydrogens (tertiary/aromatic N) is 1. The van der Waals surface area contributed by atoms with Crippen molar-refractivity contribution in [1.82, 2.24) is 10.2 Å². The monoisotopic (exact) mass is 415 g/mol. The molecule has 4 aliphatic heterocycles. The largest absolute Gasteiger partial charge is 0.496 e. The van der Waals surface area contributed by atoms with Crippen LogP contribution >= 0.6 is 0 Å². The van der Waals surface area contributed by atoms with Gasteiger partial charge in [-0.25, -0.2) is 4.39 Å². The van der Waals surface area contributed by atoms with E-state index in [1.165, 1.54) is 6.07 Å². The average molecular weight is 415 g/mol. The van der Waals surface area contributed by atoms with E-state index >= 15 is 0 Å². The van der Waals surface area contributed by atoms with Gasteiger partial charge in [0.05, 0.1) is 31.0 Å². The van der Waals surface area contributed by atoms with Crippen molar-refractivity contribution in [1.29, 1.82) is 0 Å². The van der Waals surface area contributed by atoms with E-state index in [0.717, 1.165) is 42.7 Å². The lowest BCUT2D eigenvalue weighted by molar-refractivity contribution is -0.118. The SMILES string of the molecule is O=C1COc2cc(F)c(C(=O)N3CC(COC4=CC5=C(NC4)OCCC5)C3)cc2N1. The van der Waals surface area contributed by atoms with E-state index < -0.39 is 11.7 Å². The highest BCUT2D eigenvalue weighted by Gasteiger charge is 2.34. The van der Waals surface area contributed by atoms with E-state index in [2.05, 4.69) is 10.6 Å². The molecule has 1 aromatic rings. The highest BCUT2D eigenvalue weighted by molar-refractivity contribution is 6.00. The van der Waals surface area contributed by atoms with E-state index in [1.807, 2.05) is 6.08 Å². The van der Waals surface area contributed by atoms with Crippen LogP contribution in [0.2, 0.25) is 0 Å². The zero-order valence-corrected chi connectivity index (χ0v) is 16.3. The Kier molecular flexibility index (Phi) is 4.72. The summed E-state index contributed by atoms with van der Waals surface area (Å²) in [7, 11) is 0. The van der Waals surface area contributed by atoms with Gasteiger partial charge in [0.2, 0.25) is 0 Å². The quantitative estimate of drug-likeness (QED) is 0.779. The number of nitrogens with one attached hydrogen (secondary N) is 2. The van der Waals surface area contributed by atoms with Crippen molar-refractivity contribution in [2.45, 2.75) is 12.8 Å². The number of hydrogen-bond acceptors (Lipinski definition) is 6. The first-order valence-electron chi connectivity index (χ1n) is 10.1. The maximum Gasteiger partial charge on any atom is 0.262 e. The third-order valence-corrected chi connectivity index (χ3v) is 5.57. The summed E-state index contributed by atoms with van der Waals surface area (Å²) in [6, 6.07) is 2.48. The third-order valence-electron chi connectivity index (χ3n) is 5.57. The Labute approximate surface area is 172 Å². The fourth-order valence-electron chi connectivity index (χ4n) is 3.95. The van der Waals surface area contributed by atoms with Crippen molar-refractivity contribution in [3.05, 3.63) is 46.8 Å². The molecular weight excluding hydrogens is 393 g/mol. The van der Waals surface area contributed by atoms with E-state index in [9.17, 15) is 14.0 Å². The fourth-order valence-corrected chi connectivity index (χ4v) is 3.95. The number of halogens is 1. The minimum atomic E-state index is -0.660. The lowest BCUT2D eigenvalue weighted by atomic mass is 9.99. The number of hydrogen-bond donors (Lipinski definition) is 2. The maximum atomic E-state index is 14.4. The van der Waals surface area contributed by atoms with Gasteiger partial charge in [-0.05, 0) is 25.0 Å². The molecule has 0 saturated carbocycles. The normalized spacial score (nSPS) is 20.5. The number of anilines is 1. The first-order chi connectivity index (χ1) is 14.6. The number of carbonyl (C=O) groups is 2. The summed E-state index contributed by atoms with van der Waals surface area (Å²) < 4.78 is 31.0. The second-order valence-corrected chi connectivity index (χ2v) is 7.82. The first kappa shape index (κ1) is 18.8. The molecule has 9 heteroatoms. The molecule has 1 fully saturated rings. The van der Waals surface area contributed by atoms with Crippen molar-refractivity contribution in [2.75, 3.05) is 44.8 Å². The standard InChI is InChI=1S/C21H22FN3O5/c22-16-6-18-17(24-19(26)11-30-18)5-15(16)21(27)25-8-12(9-25)10-29-14-4-13-2-1-3-28-20(13)23-7-14/h4-6,12,23H,1-3,7-11H2,(H,24,26). The number of allylic oxidation sites excluding steroid dienone is 2. The van der Waals surface area contributed by atoms with Crippen LogP contribution in [-0.2, 0) is 14.3 Å². The third kappa shape index (κ3) is 3.55. The molecule has 0 bridgehead atoms. The summed E-state index contributed by atoms with van der Waals surface area (Å²) in [6.45, 7) is 2.66. The van der Waals surface area contributed by atoms with Crippen LogP contribution in [0.4, 0.5) is 10.1 Å². The molecule has 158 valence electrons. The zero-order chi connectivity index (χ0) is 20.7. The summed E-state index contributed by atoms with van der Waals surface area (Å²) >= 11 is 0. The second kappa shape index (κ2) is 7.55. The number of likely N-dealkylation sites (tertiary alicyclic amines) is 1. The van der Waals surface area contributed by atoms with Gasteiger partial charge in [0.1, 0.15) is 17.3 Å². The van der Waals surface area contributed by atoms with E-state index in [4.69, 9.17) is 14.2 Å². The molecule has 0 unspecified atom stereocenters. The van der Waals surface area contributed by atoms with Crippen LogP contribution in [0, 0.1) is 11.7 Å². The van der Waals surface area contributed by atoms with E-state index in [-0.39, 0.29) is 29.7 Å². The van der Waals surface area contributed by atoms with Crippen LogP contribution in [0.1, 0.15) is 23.2 Å². The zero-order valence-electron chi connectivity index (χ0n) is 16.3. The molecule has 2 amide bonds. The molecule has 1 saturated heterocycles. The number of benzene rings is 1. The van der Waals surface area contributed by atoms with Gasteiger partial charge in [-0.15, -0.1) is 0 Å².